The van der Waals surface area contributed by atoms with Gasteiger partial charge in [0.15, 0.2) is 0 Å². The Morgan fingerprint density at radius 3 is 2.55 bits per heavy atom. The van der Waals surface area contributed by atoms with Crippen molar-refractivity contribution in [1.29, 1.82) is 0 Å². The second-order valence-electron chi connectivity index (χ2n) is 5.62. The van der Waals surface area contributed by atoms with Gasteiger partial charge in [-0.1, -0.05) is 6.07 Å². The Bertz CT molecular complexity index is 445. The SMILES string of the molecule is CN1CCC(N(C)C(CN)c2ccc(F)cc2F)CC1. The summed E-state index contributed by atoms with van der Waals surface area (Å²) in [5.74, 6) is -1.07. The molecule has 0 aliphatic carbocycles. The number of nitrogens with two attached hydrogens (primary N) is 1. The van der Waals surface area contributed by atoms with E-state index in [2.05, 4.69) is 16.8 Å². The van der Waals surface area contributed by atoms with Gasteiger partial charge in [-0.2, -0.15) is 0 Å². The first kappa shape index (κ1) is 15.4. The van der Waals surface area contributed by atoms with Crippen LogP contribution in [0, 0.1) is 11.6 Å². The summed E-state index contributed by atoms with van der Waals surface area (Å²) in [5, 5.41) is 0. The van der Waals surface area contributed by atoms with Gasteiger partial charge in [-0.15, -0.1) is 0 Å². The number of hydrogen-bond acceptors (Lipinski definition) is 3. The smallest absolute Gasteiger partial charge is 0.130 e. The number of likely N-dealkylation sites (tertiary alicyclic amines) is 1. The van der Waals surface area contributed by atoms with E-state index in [0.29, 0.717) is 18.2 Å². The van der Waals surface area contributed by atoms with Crippen molar-refractivity contribution in [2.45, 2.75) is 24.9 Å². The lowest BCUT2D eigenvalue weighted by Crippen LogP contribution is -2.45. The maximum Gasteiger partial charge on any atom is 0.130 e. The number of likely N-dealkylation sites (N-methyl/N-ethyl adjacent to an activating group) is 1. The number of piperidine rings is 1. The van der Waals surface area contributed by atoms with E-state index in [0.717, 1.165) is 32.0 Å². The van der Waals surface area contributed by atoms with Gasteiger partial charge in [0, 0.05) is 30.3 Å². The lowest BCUT2D eigenvalue weighted by atomic mass is 9.98. The molecule has 1 aliphatic rings. The van der Waals surface area contributed by atoms with Crippen LogP contribution < -0.4 is 5.73 Å². The Morgan fingerprint density at radius 1 is 1.35 bits per heavy atom. The highest BCUT2D eigenvalue weighted by Crippen LogP contribution is 2.27. The Hall–Kier alpha value is -1.04. The van der Waals surface area contributed by atoms with Crippen molar-refractivity contribution in [2.75, 3.05) is 33.7 Å². The first-order valence-corrected chi connectivity index (χ1v) is 7.08. The molecule has 2 rings (SSSR count). The predicted molar refractivity (Wildman–Crippen MR) is 76.4 cm³/mol. The molecule has 20 heavy (non-hydrogen) atoms. The monoisotopic (exact) mass is 283 g/mol. The van der Waals surface area contributed by atoms with Gasteiger partial charge in [0.2, 0.25) is 0 Å². The van der Waals surface area contributed by atoms with Crippen molar-refractivity contribution in [2.24, 2.45) is 5.73 Å². The molecule has 1 aromatic rings. The van der Waals surface area contributed by atoms with E-state index in [4.69, 9.17) is 5.73 Å². The van der Waals surface area contributed by atoms with Gasteiger partial charge in [0.1, 0.15) is 11.6 Å². The molecule has 0 spiro atoms. The molecule has 3 nitrogen and oxygen atoms in total. The summed E-state index contributed by atoms with van der Waals surface area (Å²) >= 11 is 0. The number of benzene rings is 1. The molecular formula is C15H23F2N3. The zero-order chi connectivity index (χ0) is 14.7. The van der Waals surface area contributed by atoms with Gasteiger partial charge in [-0.25, -0.2) is 8.78 Å². The molecular weight excluding hydrogens is 260 g/mol. The summed E-state index contributed by atoms with van der Waals surface area (Å²) < 4.78 is 27.0. The molecule has 0 saturated carbocycles. The lowest BCUT2D eigenvalue weighted by molar-refractivity contribution is 0.108. The minimum atomic E-state index is -0.552. The highest BCUT2D eigenvalue weighted by Gasteiger charge is 2.27. The van der Waals surface area contributed by atoms with Gasteiger partial charge in [-0.05, 0) is 46.1 Å². The summed E-state index contributed by atoms with van der Waals surface area (Å²) in [4.78, 5) is 4.43. The van der Waals surface area contributed by atoms with Crippen molar-refractivity contribution in [3.63, 3.8) is 0 Å². The molecule has 1 heterocycles. The third kappa shape index (κ3) is 3.34. The van der Waals surface area contributed by atoms with Crippen molar-refractivity contribution < 1.29 is 8.78 Å². The van der Waals surface area contributed by atoms with Gasteiger partial charge in [0.25, 0.3) is 0 Å². The second kappa shape index (κ2) is 6.61. The van der Waals surface area contributed by atoms with Crippen LogP contribution in [0.25, 0.3) is 0 Å². The molecule has 1 atom stereocenters. The van der Waals surface area contributed by atoms with E-state index in [1.54, 1.807) is 0 Å². The van der Waals surface area contributed by atoms with Gasteiger partial charge >= 0.3 is 0 Å². The number of rotatable bonds is 4. The Balaban J connectivity index is 2.14. The third-order valence-corrected chi connectivity index (χ3v) is 4.30. The molecule has 1 unspecified atom stereocenters. The largest absolute Gasteiger partial charge is 0.329 e. The van der Waals surface area contributed by atoms with E-state index >= 15 is 0 Å². The summed E-state index contributed by atoms with van der Waals surface area (Å²) in [6.45, 7) is 2.40. The standard InChI is InChI=1S/C15H23F2N3/c1-19-7-5-12(6-8-19)20(2)15(10-18)13-4-3-11(16)9-14(13)17/h3-4,9,12,15H,5-8,10,18H2,1-2H3. The lowest BCUT2D eigenvalue weighted by Gasteiger charge is -2.39. The van der Waals surface area contributed by atoms with Crippen LogP contribution in [0.15, 0.2) is 18.2 Å². The van der Waals surface area contributed by atoms with Crippen molar-refractivity contribution in [3.8, 4) is 0 Å². The first-order chi connectivity index (χ1) is 9.52. The topological polar surface area (TPSA) is 32.5 Å². The second-order valence-corrected chi connectivity index (χ2v) is 5.62. The van der Waals surface area contributed by atoms with Crippen molar-refractivity contribution >= 4 is 0 Å². The fourth-order valence-corrected chi connectivity index (χ4v) is 2.94. The summed E-state index contributed by atoms with van der Waals surface area (Å²) in [5.41, 5.74) is 6.32. The van der Waals surface area contributed by atoms with E-state index < -0.39 is 11.6 Å². The number of nitrogens with zero attached hydrogens (tertiary/aromatic N) is 2. The van der Waals surface area contributed by atoms with Crippen LogP contribution in [-0.4, -0.2) is 49.6 Å². The molecule has 0 amide bonds. The molecule has 1 aromatic carbocycles. The normalized spacial score (nSPS) is 19.5. The van der Waals surface area contributed by atoms with Crippen molar-refractivity contribution in [3.05, 3.63) is 35.4 Å². The Morgan fingerprint density at radius 2 is 2.00 bits per heavy atom. The maximum atomic E-state index is 13.9. The zero-order valence-electron chi connectivity index (χ0n) is 12.1. The summed E-state index contributed by atoms with van der Waals surface area (Å²) in [6, 6.07) is 3.92. The molecule has 0 aromatic heterocycles. The quantitative estimate of drug-likeness (QED) is 0.917. The fourth-order valence-electron chi connectivity index (χ4n) is 2.94. The molecule has 112 valence electrons. The molecule has 0 radical (unpaired) electrons. The molecule has 5 heteroatoms. The van der Waals surface area contributed by atoms with E-state index in [-0.39, 0.29) is 6.04 Å². The van der Waals surface area contributed by atoms with Crippen LogP contribution >= 0.6 is 0 Å². The highest BCUT2D eigenvalue weighted by molar-refractivity contribution is 5.22. The highest BCUT2D eigenvalue weighted by atomic mass is 19.1. The van der Waals surface area contributed by atoms with E-state index in [1.165, 1.54) is 12.1 Å². The van der Waals surface area contributed by atoms with Crippen LogP contribution in [0.1, 0.15) is 24.4 Å². The summed E-state index contributed by atoms with van der Waals surface area (Å²) in [7, 11) is 4.09. The van der Waals surface area contributed by atoms with Crippen LogP contribution in [-0.2, 0) is 0 Å². The first-order valence-electron chi connectivity index (χ1n) is 7.08. The average molecular weight is 283 g/mol. The van der Waals surface area contributed by atoms with Gasteiger partial charge in [0.05, 0.1) is 0 Å². The van der Waals surface area contributed by atoms with Crippen molar-refractivity contribution in [1.82, 2.24) is 9.80 Å². The van der Waals surface area contributed by atoms with Crippen LogP contribution in [0.4, 0.5) is 8.78 Å². The number of hydrogen-bond donors (Lipinski definition) is 1. The van der Waals surface area contributed by atoms with Gasteiger partial charge < -0.3 is 10.6 Å². The Kier molecular flexibility index (Phi) is 5.07. The van der Waals surface area contributed by atoms with Crippen LogP contribution in [0.5, 0.6) is 0 Å². The molecule has 1 fully saturated rings. The molecule has 2 N–H and O–H groups in total. The van der Waals surface area contributed by atoms with E-state index in [1.807, 2.05) is 7.05 Å². The Labute approximate surface area is 119 Å². The fraction of sp³-hybridized carbons (Fsp3) is 0.600. The molecule has 0 bridgehead atoms. The number of halogens is 2. The molecule has 1 aliphatic heterocycles. The third-order valence-electron chi connectivity index (χ3n) is 4.30. The minimum Gasteiger partial charge on any atom is -0.329 e. The van der Waals surface area contributed by atoms with Gasteiger partial charge in [-0.3, -0.25) is 4.90 Å². The molecule has 1 saturated heterocycles. The van der Waals surface area contributed by atoms with Crippen LogP contribution in [0.3, 0.4) is 0 Å². The minimum absolute atomic E-state index is 0.205. The van der Waals surface area contributed by atoms with Crippen LogP contribution in [0.2, 0.25) is 0 Å². The summed E-state index contributed by atoms with van der Waals surface area (Å²) in [6.07, 6.45) is 2.10. The zero-order valence-corrected chi connectivity index (χ0v) is 12.1. The average Bonchev–Trinajstić information content (AvgIpc) is 2.42. The predicted octanol–water partition coefficient (Wildman–Crippen LogP) is 1.99. The maximum absolute atomic E-state index is 13.9. The van der Waals surface area contributed by atoms with E-state index in [9.17, 15) is 8.78 Å².